The van der Waals surface area contributed by atoms with E-state index in [1.54, 1.807) is 12.1 Å². The number of hydrogen-bond acceptors (Lipinski definition) is 2. The van der Waals surface area contributed by atoms with Crippen LogP contribution in [0.5, 0.6) is 0 Å². The van der Waals surface area contributed by atoms with Gasteiger partial charge in [0, 0.05) is 12.5 Å². The fourth-order valence-electron chi connectivity index (χ4n) is 3.45. The van der Waals surface area contributed by atoms with Gasteiger partial charge in [-0.2, -0.15) is 0 Å². The third-order valence-corrected chi connectivity index (χ3v) is 5.10. The zero-order valence-corrected chi connectivity index (χ0v) is 13.7. The van der Waals surface area contributed by atoms with Crippen LogP contribution < -0.4 is 11.5 Å². The van der Waals surface area contributed by atoms with E-state index in [-0.39, 0.29) is 23.2 Å². The van der Waals surface area contributed by atoms with E-state index < -0.39 is 0 Å². The van der Waals surface area contributed by atoms with Crippen molar-refractivity contribution in [3.05, 3.63) is 34.1 Å². The second-order valence-corrected chi connectivity index (χ2v) is 7.04. The molecule has 1 aromatic carbocycles. The lowest BCUT2D eigenvalue weighted by atomic mass is 9.67. The van der Waals surface area contributed by atoms with Crippen molar-refractivity contribution in [2.75, 3.05) is 0 Å². The van der Waals surface area contributed by atoms with Gasteiger partial charge in [-0.05, 0) is 58.3 Å². The summed E-state index contributed by atoms with van der Waals surface area (Å²) >= 11 is 3.19. The molecule has 0 saturated heterocycles. The number of halogens is 2. The van der Waals surface area contributed by atoms with Gasteiger partial charge in [0.15, 0.2) is 0 Å². The summed E-state index contributed by atoms with van der Waals surface area (Å²) in [6.07, 6.45) is 6.53. The second-order valence-electron chi connectivity index (χ2n) is 6.19. The van der Waals surface area contributed by atoms with Crippen LogP contribution in [0.1, 0.15) is 56.6 Å². The molecule has 21 heavy (non-hydrogen) atoms. The summed E-state index contributed by atoms with van der Waals surface area (Å²) in [6, 6.07) is 4.65. The van der Waals surface area contributed by atoms with Crippen molar-refractivity contribution in [3.8, 4) is 0 Å². The van der Waals surface area contributed by atoms with Gasteiger partial charge in [-0.25, -0.2) is 4.39 Å². The van der Waals surface area contributed by atoms with Crippen LogP contribution in [0.4, 0.5) is 4.39 Å². The van der Waals surface area contributed by atoms with Crippen molar-refractivity contribution in [3.63, 3.8) is 0 Å². The van der Waals surface area contributed by atoms with Crippen LogP contribution in [0.2, 0.25) is 0 Å². The molecule has 1 saturated carbocycles. The first kappa shape index (κ1) is 16.4. The average molecular weight is 357 g/mol. The van der Waals surface area contributed by atoms with Gasteiger partial charge in [-0.3, -0.25) is 4.79 Å². The fraction of sp³-hybridized carbons (Fsp3) is 0.562. The number of nitrogens with two attached hydrogens (primary N) is 2. The maximum absolute atomic E-state index is 13.3. The molecular formula is C16H22BrFN2O. The van der Waals surface area contributed by atoms with Crippen molar-refractivity contribution in [2.24, 2.45) is 16.9 Å². The minimum absolute atomic E-state index is 0.0929. The van der Waals surface area contributed by atoms with Crippen LogP contribution in [0.15, 0.2) is 22.7 Å². The van der Waals surface area contributed by atoms with Gasteiger partial charge >= 0.3 is 0 Å². The SMILES string of the molecule is NC(=O)CC1(CC(N)c2ccc(F)c(Br)c2)CCCCC1. The molecule has 1 amide bonds. The number of hydrogen-bond donors (Lipinski definition) is 2. The predicted octanol–water partition coefficient (Wildman–Crippen LogP) is 3.80. The summed E-state index contributed by atoms with van der Waals surface area (Å²) in [7, 11) is 0. The summed E-state index contributed by atoms with van der Waals surface area (Å²) < 4.78 is 13.7. The molecule has 2 rings (SSSR count). The normalized spacial score (nSPS) is 19.2. The maximum atomic E-state index is 13.3. The minimum Gasteiger partial charge on any atom is -0.370 e. The third kappa shape index (κ3) is 4.27. The quantitative estimate of drug-likeness (QED) is 0.842. The number of carbonyl (C=O) groups excluding carboxylic acids is 1. The molecule has 0 aliphatic heterocycles. The topological polar surface area (TPSA) is 69.1 Å². The number of amides is 1. The van der Waals surface area contributed by atoms with Crippen molar-refractivity contribution in [1.82, 2.24) is 0 Å². The smallest absolute Gasteiger partial charge is 0.217 e. The molecule has 3 nitrogen and oxygen atoms in total. The van der Waals surface area contributed by atoms with Gasteiger partial charge in [0.1, 0.15) is 5.82 Å². The lowest BCUT2D eigenvalue weighted by molar-refractivity contribution is -0.121. The van der Waals surface area contributed by atoms with Crippen molar-refractivity contribution in [1.29, 1.82) is 0 Å². The second kappa shape index (κ2) is 6.88. The monoisotopic (exact) mass is 356 g/mol. The van der Waals surface area contributed by atoms with Gasteiger partial charge in [0.25, 0.3) is 0 Å². The Morgan fingerprint density at radius 1 is 1.33 bits per heavy atom. The van der Waals surface area contributed by atoms with Crippen LogP contribution in [0, 0.1) is 11.2 Å². The van der Waals surface area contributed by atoms with E-state index in [2.05, 4.69) is 15.9 Å². The number of primary amides is 1. The Balaban J connectivity index is 2.15. The first-order chi connectivity index (χ1) is 9.92. The summed E-state index contributed by atoms with van der Waals surface area (Å²) in [5, 5.41) is 0. The van der Waals surface area contributed by atoms with E-state index in [4.69, 9.17) is 11.5 Å². The molecule has 4 N–H and O–H groups in total. The molecule has 0 heterocycles. The fourth-order valence-corrected chi connectivity index (χ4v) is 3.85. The van der Waals surface area contributed by atoms with Crippen LogP contribution >= 0.6 is 15.9 Å². The number of rotatable bonds is 5. The molecule has 5 heteroatoms. The highest BCUT2D eigenvalue weighted by Crippen LogP contribution is 2.45. The Morgan fingerprint density at radius 2 is 2.00 bits per heavy atom. The molecular weight excluding hydrogens is 335 g/mol. The highest BCUT2D eigenvalue weighted by atomic mass is 79.9. The molecule has 1 aliphatic rings. The summed E-state index contributed by atoms with van der Waals surface area (Å²) in [4.78, 5) is 11.4. The van der Waals surface area contributed by atoms with Crippen LogP contribution in [0.3, 0.4) is 0 Å². The van der Waals surface area contributed by atoms with E-state index in [9.17, 15) is 9.18 Å². The van der Waals surface area contributed by atoms with Gasteiger partial charge in [-0.1, -0.05) is 25.3 Å². The maximum Gasteiger partial charge on any atom is 0.217 e. The largest absolute Gasteiger partial charge is 0.370 e. The van der Waals surface area contributed by atoms with E-state index in [0.29, 0.717) is 17.3 Å². The molecule has 0 radical (unpaired) electrons. The Labute approximate surface area is 133 Å². The molecule has 0 spiro atoms. The van der Waals surface area contributed by atoms with E-state index in [1.165, 1.54) is 12.5 Å². The lowest BCUT2D eigenvalue weighted by Crippen LogP contribution is -2.33. The highest BCUT2D eigenvalue weighted by Gasteiger charge is 2.35. The first-order valence-corrected chi connectivity index (χ1v) is 8.20. The molecule has 1 fully saturated rings. The Kier molecular flexibility index (Phi) is 5.38. The number of carbonyl (C=O) groups is 1. The van der Waals surface area contributed by atoms with Gasteiger partial charge < -0.3 is 11.5 Å². The molecule has 1 aromatic rings. The lowest BCUT2D eigenvalue weighted by Gasteiger charge is -2.38. The Hall–Kier alpha value is -0.940. The Bertz CT molecular complexity index is 515. The van der Waals surface area contributed by atoms with E-state index in [0.717, 1.165) is 31.2 Å². The molecule has 1 unspecified atom stereocenters. The zero-order chi connectivity index (χ0) is 15.5. The standard InChI is InChI=1S/C16H22BrFN2O/c17-12-8-11(4-5-13(12)18)14(19)9-16(10-15(20)21)6-2-1-3-7-16/h4-5,8,14H,1-3,6-7,9-10,19H2,(H2,20,21). The highest BCUT2D eigenvalue weighted by molar-refractivity contribution is 9.10. The van der Waals surface area contributed by atoms with E-state index in [1.807, 2.05) is 0 Å². The zero-order valence-electron chi connectivity index (χ0n) is 12.1. The first-order valence-electron chi connectivity index (χ1n) is 7.41. The Morgan fingerprint density at radius 3 is 2.57 bits per heavy atom. The summed E-state index contributed by atoms with van der Waals surface area (Å²) in [5.74, 6) is -0.556. The van der Waals surface area contributed by atoms with Gasteiger partial charge in [-0.15, -0.1) is 0 Å². The van der Waals surface area contributed by atoms with Gasteiger partial charge in [0.05, 0.1) is 4.47 Å². The molecule has 116 valence electrons. The number of benzene rings is 1. The predicted molar refractivity (Wildman–Crippen MR) is 85.0 cm³/mol. The van der Waals surface area contributed by atoms with Crippen LogP contribution in [-0.4, -0.2) is 5.91 Å². The van der Waals surface area contributed by atoms with Gasteiger partial charge in [0.2, 0.25) is 5.91 Å². The van der Waals surface area contributed by atoms with Crippen molar-refractivity contribution < 1.29 is 9.18 Å². The van der Waals surface area contributed by atoms with Crippen molar-refractivity contribution >= 4 is 21.8 Å². The van der Waals surface area contributed by atoms with Crippen LogP contribution in [0.25, 0.3) is 0 Å². The minimum atomic E-state index is -0.296. The summed E-state index contributed by atoms with van der Waals surface area (Å²) in [6.45, 7) is 0. The molecule has 0 aromatic heterocycles. The van der Waals surface area contributed by atoms with Crippen molar-refractivity contribution in [2.45, 2.75) is 51.0 Å². The average Bonchev–Trinajstić information content (AvgIpc) is 2.41. The molecule has 0 bridgehead atoms. The van der Waals surface area contributed by atoms with Crippen LogP contribution in [-0.2, 0) is 4.79 Å². The third-order valence-electron chi connectivity index (χ3n) is 4.49. The summed E-state index contributed by atoms with van der Waals surface area (Å²) in [5.41, 5.74) is 12.5. The molecule has 1 aliphatic carbocycles. The van der Waals surface area contributed by atoms with E-state index >= 15 is 0 Å². The molecule has 1 atom stereocenters.